The van der Waals surface area contributed by atoms with Gasteiger partial charge in [0.05, 0.1) is 16.2 Å². The zero-order valence-corrected chi connectivity index (χ0v) is 12.6. The summed E-state index contributed by atoms with van der Waals surface area (Å²) >= 11 is 3.21. The first kappa shape index (κ1) is 13.8. The van der Waals surface area contributed by atoms with Crippen molar-refractivity contribution in [2.75, 3.05) is 11.9 Å². The first-order valence-corrected chi connectivity index (χ1v) is 7.04. The maximum atomic E-state index is 13.3. The number of nitrogens with one attached hydrogen (secondary N) is 1. The SMILES string of the molecule is Cc1cc(F)c(Br)cc1NCC1CCC(C)(C)O1. The third-order valence-corrected chi connectivity index (χ3v) is 3.95. The second kappa shape index (κ2) is 5.17. The van der Waals surface area contributed by atoms with E-state index < -0.39 is 0 Å². The molecule has 2 nitrogen and oxygen atoms in total. The molecule has 1 fully saturated rings. The largest absolute Gasteiger partial charge is 0.382 e. The molecule has 18 heavy (non-hydrogen) atoms. The van der Waals surface area contributed by atoms with Crippen LogP contribution in [0.15, 0.2) is 16.6 Å². The highest BCUT2D eigenvalue weighted by atomic mass is 79.9. The summed E-state index contributed by atoms with van der Waals surface area (Å²) in [6.07, 6.45) is 2.40. The van der Waals surface area contributed by atoms with E-state index in [1.807, 2.05) is 6.92 Å². The number of benzene rings is 1. The van der Waals surface area contributed by atoms with Crippen LogP contribution in [0.5, 0.6) is 0 Å². The van der Waals surface area contributed by atoms with Gasteiger partial charge in [-0.05, 0) is 67.2 Å². The summed E-state index contributed by atoms with van der Waals surface area (Å²) in [5, 5.41) is 3.34. The second-order valence-corrected chi connectivity index (χ2v) is 6.35. The topological polar surface area (TPSA) is 21.3 Å². The number of hydrogen-bond donors (Lipinski definition) is 1. The van der Waals surface area contributed by atoms with Gasteiger partial charge in [-0.15, -0.1) is 0 Å². The van der Waals surface area contributed by atoms with Crippen molar-refractivity contribution in [3.8, 4) is 0 Å². The highest BCUT2D eigenvalue weighted by Gasteiger charge is 2.31. The van der Waals surface area contributed by atoms with E-state index in [0.29, 0.717) is 4.47 Å². The molecule has 1 atom stereocenters. The van der Waals surface area contributed by atoms with Crippen molar-refractivity contribution in [3.63, 3.8) is 0 Å². The summed E-state index contributed by atoms with van der Waals surface area (Å²) in [6, 6.07) is 3.32. The Morgan fingerprint density at radius 3 is 2.83 bits per heavy atom. The molecule has 0 aliphatic carbocycles. The maximum Gasteiger partial charge on any atom is 0.137 e. The number of halogens is 2. The summed E-state index contributed by atoms with van der Waals surface area (Å²) in [6.45, 7) is 6.90. The van der Waals surface area contributed by atoms with Gasteiger partial charge in [0.2, 0.25) is 0 Å². The van der Waals surface area contributed by atoms with Gasteiger partial charge in [0.1, 0.15) is 5.82 Å². The van der Waals surface area contributed by atoms with E-state index in [1.54, 1.807) is 6.07 Å². The molecule has 100 valence electrons. The predicted molar refractivity (Wildman–Crippen MR) is 75.5 cm³/mol. The van der Waals surface area contributed by atoms with Gasteiger partial charge in [0.15, 0.2) is 0 Å². The van der Waals surface area contributed by atoms with Crippen LogP contribution in [-0.2, 0) is 4.74 Å². The quantitative estimate of drug-likeness (QED) is 0.899. The smallest absolute Gasteiger partial charge is 0.137 e. The van der Waals surface area contributed by atoms with Crippen LogP contribution >= 0.6 is 15.9 Å². The Morgan fingerprint density at radius 2 is 2.22 bits per heavy atom. The zero-order chi connectivity index (χ0) is 13.3. The van der Waals surface area contributed by atoms with Crippen molar-refractivity contribution in [2.45, 2.75) is 45.3 Å². The molecular formula is C14H19BrFNO. The molecule has 1 aliphatic heterocycles. The van der Waals surface area contributed by atoms with E-state index in [0.717, 1.165) is 30.6 Å². The van der Waals surface area contributed by atoms with E-state index in [-0.39, 0.29) is 17.5 Å². The molecule has 0 radical (unpaired) electrons. The average molecular weight is 316 g/mol. The van der Waals surface area contributed by atoms with Crippen LogP contribution in [-0.4, -0.2) is 18.2 Å². The lowest BCUT2D eigenvalue weighted by molar-refractivity contribution is -0.00911. The van der Waals surface area contributed by atoms with Crippen molar-refractivity contribution in [1.29, 1.82) is 0 Å². The minimum Gasteiger partial charge on any atom is -0.382 e. The molecule has 4 heteroatoms. The summed E-state index contributed by atoms with van der Waals surface area (Å²) in [7, 11) is 0. The van der Waals surface area contributed by atoms with E-state index in [4.69, 9.17) is 4.74 Å². The zero-order valence-electron chi connectivity index (χ0n) is 11.0. The Hall–Kier alpha value is -0.610. The highest BCUT2D eigenvalue weighted by molar-refractivity contribution is 9.10. The molecule has 1 aromatic carbocycles. The van der Waals surface area contributed by atoms with Crippen molar-refractivity contribution < 1.29 is 9.13 Å². The van der Waals surface area contributed by atoms with Crippen LogP contribution in [0.4, 0.5) is 10.1 Å². The van der Waals surface area contributed by atoms with E-state index in [1.165, 1.54) is 6.07 Å². The molecule has 1 unspecified atom stereocenters. The standard InChI is InChI=1S/C14H19BrFNO/c1-9-6-12(16)11(15)7-13(9)17-8-10-4-5-14(2,3)18-10/h6-7,10,17H,4-5,8H2,1-3H3. The molecule has 0 bridgehead atoms. The van der Waals surface area contributed by atoms with Gasteiger partial charge in [-0.2, -0.15) is 0 Å². The maximum absolute atomic E-state index is 13.3. The van der Waals surface area contributed by atoms with Crippen LogP contribution in [0.3, 0.4) is 0 Å². The van der Waals surface area contributed by atoms with Gasteiger partial charge in [-0.25, -0.2) is 4.39 Å². The summed E-state index contributed by atoms with van der Waals surface area (Å²) < 4.78 is 19.7. The molecule has 1 N–H and O–H groups in total. The van der Waals surface area contributed by atoms with Gasteiger partial charge >= 0.3 is 0 Å². The third kappa shape index (κ3) is 3.23. The fraction of sp³-hybridized carbons (Fsp3) is 0.571. The summed E-state index contributed by atoms with van der Waals surface area (Å²) in [5.74, 6) is -0.226. The van der Waals surface area contributed by atoms with Crippen LogP contribution in [0, 0.1) is 12.7 Å². The van der Waals surface area contributed by atoms with Gasteiger partial charge in [0.25, 0.3) is 0 Å². The fourth-order valence-electron chi connectivity index (χ4n) is 2.28. The Kier molecular flexibility index (Phi) is 3.97. The van der Waals surface area contributed by atoms with Crippen molar-refractivity contribution in [3.05, 3.63) is 28.0 Å². The van der Waals surface area contributed by atoms with E-state index in [2.05, 4.69) is 35.1 Å². The van der Waals surface area contributed by atoms with Gasteiger partial charge < -0.3 is 10.1 Å². The van der Waals surface area contributed by atoms with Crippen LogP contribution < -0.4 is 5.32 Å². The second-order valence-electron chi connectivity index (χ2n) is 5.50. The van der Waals surface area contributed by atoms with Crippen molar-refractivity contribution in [1.82, 2.24) is 0 Å². The molecule has 0 saturated carbocycles. The fourth-order valence-corrected chi connectivity index (χ4v) is 2.63. The molecular weight excluding hydrogens is 297 g/mol. The number of ether oxygens (including phenoxy) is 1. The predicted octanol–water partition coefficient (Wildman–Crippen LogP) is 4.27. The normalized spacial score (nSPS) is 22.2. The monoisotopic (exact) mass is 315 g/mol. The number of rotatable bonds is 3. The molecule has 1 aliphatic rings. The van der Waals surface area contributed by atoms with Crippen LogP contribution in [0.25, 0.3) is 0 Å². The highest BCUT2D eigenvalue weighted by Crippen LogP contribution is 2.30. The Labute approximate surface area is 116 Å². The molecule has 0 amide bonds. The lowest BCUT2D eigenvalue weighted by atomic mass is 10.1. The average Bonchev–Trinajstić information content (AvgIpc) is 2.62. The first-order chi connectivity index (χ1) is 8.37. The van der Waals surface area contributed by atoms with E-state index in [9.17, 15) is 4.39 Å². The Bertz CT molecular complexity index is 448. The lowest BCUT2D eigenvalue weighted by Gasteiger charge is -2.20. The number of hydrogen-bond acceptors (Lipinski definition) is 2. The van der Waals surface area contributed by atoms with Crippen LogP contribution in [0.1, 0.15) is 32.3 Å². The number of aryl methyl sites for hydroxylation is 1. The molecule has 1 aromatic rings. The minimum atomic E-state index is -0.226. The summed E-state index contributed by atoms with van der Waals surface area (Å²) in [5.41, 5.74) is 1.86. The minimum absolute atomic E-state index is 0.00916. The van der Waals surface area contributed by atoms with Gasteiger partial charge in [-0.3, -0.25) is 0 Å². The molecule has 0 spiro atoms. The van der Waals surface area contributed by atoms with Crippen molar-refractivity contribution >= 4 is 21.6 Å². The molecule has 1 heterocycles. The first-order valence-electron chi connectivity index (χ1n) is 6.25. The van der Waals surface area contributed by atoms with Crippen LogP contribution in [0.2, 0.25) is 0 Å². The van der Waals surface area contributed by atoms with Gasteiger partial charge in [-0.1, -0.05) is 0 Å². The Balaban J connectivity index is 1.97. The summed E-state index contributed by atoms with van der Waals surface area (Å²) in [4.78, 5) is 0. The lowest BCUT2D eigenvalue weighted by Crippen LogP contribution is -2.25. The molecule has 0 aromatic heterocycles. The Morgan fingerprint density at radius 1 is 1.50 bits per heavy atom. The number of anilines is 1. The van der Waals surface area contributed by atoms with Crippen molar-refractivity contribution in [2.24, 2.45) is 0 Å². The van der Waals surface area contributed by atoms with E-state index >= 15 is 0 Å². The van der Waals surface area contributed by atoms with Gasteiger partial charge in [0, 0.05) is 12.2 Å². The molecule has 2 rings (SSSR count). The third-order valence-electron chi connectivity index (χ3n) is 3.34. The molecule has 1 saturated heterocycles.